The number of carbonyl (C=O) groups excluding carboxylic acids is 2. The molecule has 0 atom stereocenters. The van der Waals surface area contributed by atoms with Gasteiger partial charge in [0.2, 0.25) is 0 Å². The number of alkyl halides is 4. The van der Waals surface area contributed by atoms with Gasteiger partial charge in [-0.15, -0.1) is 0 Å². The Morgan fingerprint density at radius 1 is 0.818 bits per heavy atom. The number of esters is 2. The largest absolute Gasteiger partial charge is 0.461 e. The predicted molar refractivity (Wildman–Crippen MR) is 67.5 cm³/mol. The van der Waals surface area contributed by atoms with E-state index >= 15 is 0 Å². The van der Waals surface area contributed by atoms with Crippen molar-refractivity contribution in [1.29, 1.82) is 0 Å². The molecule has 22 heavy (non-hydrogen) atoms. The lowest BCUT2D eigenvalue weighted by Gasteiger charge is -2.17. The molecule has 0 amide bonds. The molecule has 1 rings (SSSR count). The minimum atomic E-state index is -3.96. The number of rotatable bonds is 6. The highest BCUT2D eigenvalue weighted by atomic mass is 19.3. The predicted octanol–water partition coefficient (Wildman–Crippen LogP) is 3.00. The van der Waals surface area contributed by atoms with Gasteiger partial charge >= 0.3 is 23.8 Å². The molecule has 1 aromatic carbocycles. The highest BCUT2D eigenvalue weighted by Gasteiger charge is 2.45. The summed E-state index contributed by atoms with van der Waals surface area (Å²) in [5.74, 6) is -11.5. The Labute approximate surface area is 124 Å². The fraction of sp³-hybridized carbons (Fsp3) is 0.429. The van der Waals surface area contributed by atoms with E-state index in [4.69, 9.17) is 0 Å². The summed E-state index contributed by atoms with van der Waals surface area (Å²) >= 11 is 0. The molecule has 0 fully saturated rings. The van der Waals surface area contributed by atoms with Gasteiger partial charge < -0.3 is 9.47 Å². The van der Waals surface area contributed by atoms with Crippen LogP contribution in [0.5, 0.6) is 0 Å². The van der Waals surface area contributed by atoms with Gasteiger partial charge in [-0.1, -0.05) is 24.3 Å². The first-order chi connectivity index (χ1) is 10.2. The first kappa shape index (κ1) is 17.9. The molecule has 0 saturated carbocycles. The summed E-state index contributed by atoms with van der Waals surface area (Å²) in [6, 6.07) is 2.55. The normalized spacial score (nSPS) is 11.9. The summed E-state index contributed by atoms with van der Waals surface area (Å²) in [4.78, 5) is 22.3. The van der Waals surface area contributed by atoms with Gasteiger partial charge in [0.1, 0.15) is 0 Å². The van der Waals surface area contributed by atoms with Gasteiger partial charge in [0, 0.05) is 11.1 Å². The quantitative estimate of drug-likeness (QED) is 0.597. The zero-order valence-electron chi connectivity index (χ0n) is 11.9. The molecule has 0 N–H and O–H groups in total. The highest BCUT2D eigenvalue weighted by Crippen LogP contribution is 2.34. The Morgan fingerprint density at radius 3 is 1.32 bits per heavy atom. The molecule has 122 valence electrons. The Bertz CT molecular complexity index is 491. The average molecular weight is 322 g/mol. The molecule has 0 spiro atoms. The van der Waals surface area contributed by atoms with Gasteiger partial charge in [-0.3, -0.25) is 0 Å². The van der Waals surface area contributed by atoms with Crippen molar-refractivity contribution in [2.75, 3.05) is 13.2 Å². The van der Waals surface area contributed by atoms with Crippen molar-refractivity contribution in [3.05, 3.63) is 35.4 Å². The molecule has 0 aromatic heterocycles. The number of hydrogen-bond acceptors (Lipinski definition) is 4. The third-order valence-corrected chi connectivity index (χ3v) is 2.67. The third-order valence-electron chi connectivity index (χ3n) is 2.67. The molecule has 0 bridgehead atoms. The van der Waals surface area contributed by atoms with Crippen LogP contribution in [0, 0.1) is 0 Å². The molecule has 8 heteroatoms. The first-order valence-electron chi connectivity index (χ1n) is 6.39. The van der Waals surface area contributed by atoms with Gasteiger partial charge in [0.05, 0.1) is 13.2 Å². The number of benzene rings is 1. The van der Waals surface area contributed by atoms with Crippen LogP contribution in [-0.4, -0.2) is 25.2 Å². The van der Waals surface area contributed by atoms with Crippen molar-refractivity contribution in [3.63, 3.8) is 0 Å². The second-order valence-electron chi connectivity index (χ2n) is 4.17. The first-order valence-corrected chi connectivity index (χ1v) is 6.39. The van der Waals surface area contributed by atoms with Gasteiger partial charge in [0.15, 0.2) is 0 Å². The van der Waals surface area contributed by atoms with Crippen LogP contribution in [-0.2, 0) is 30.9 Å². The molecular weight excluding hydrogens is 308 g/mol. The number of carbonyl (C=O) groups is 2. The molecule has 0 aliphatic heterocycles. The zero-order chi connectivity index (χ0) is 17.0. The lowest BCUT2D eigenvalue weighted by molar-refractivity contribution is -0.174. The summed E-state index contributed by atoms with van der Waals surface area (Å²) < 4.78 is 63.2. The van der Waals surface area contributed by atoms with E-state index in [-0.39, 0.29) is 13.2 Å². The van der Waals surface area contributed by atoms with Crippen molar-refractivity contribution in [2.24, 2.45) is 0 Å². The van der Waals surface area contributed by atoms with Crippen molar-refractivity contribution in [2.45, 2.75) is 25.7 Å². The van der Waals surface area contributed by atoms with Gasteiger partial charge in [-0.25, -0.2) is 9.59 Å². The van der Waals surface area contributed by atoms with Crippen LogP contribution in [0.3, 0.4) is 0 Å². The lowest BCUT2D eigenvalue weighted by Crippen LogP contribution is -2.30. The lowest BCUT2D eigenvalue weighted by atomic mass is 10.0. The Morgan fingerprint density at radius 2 is 1.09 bits per heavy atom. The van der Waals surface area contributed by atoms with Crippen LogP contribution < -0.4 is 0 Å². The molecular formula is C14H14F4O4. The Balaban J connectivity index is 3.04. The highest BCUT2D eigenvalue weighted by molar-refractivity contribution is 5.80. The standard InChI is InChI=1S/C14H14F4O4/c1-3-21-11(19)13(15,16)9-5-7-10(8-6-9)14(17,18)12(20)22-4-2/h5-8H,3-4H2,1-2H3. The summed E-state index contributed by atoms with van der Waals surface area (Å²) in [7, 11) is 0. The SMILES string of the molecule is CCOC(=O)C(F)(F)c1ccc(C(F)(F)C(=O)OCC)cc1. The third kappa shape index (κ3) is 3.55. The summed E-state index contributed by atoms with van der Waals surface area (Å²) in [5, 5.41) is 0. The molecule has 4 nitrogen and oxygen atoms in total. The van der Waals surface area contributed by atoms with E-state index < -0.39 is 34.9 Å². The molecule has 0 saturated heterocycles. The van der Waals surface area contributed by atoms with Crippen molar-refractivity contribution < 1.29 is 36.6 Å². The molecule has 1 aromatic rings. The summed E-state index contributed by atoms with van der Waals surface area (Å²) in [6.45, 7) is 2.23. The molecule has 0 aliphatic rings. The average Bonchev–Trinajstić information content (AvgIpc) is 2.47. The van der Waals surface area contributed by atoms with Crippen LogP contribution in [0.25, 0.3) is 0 Å². The maximum atomic E-state index is 13.7. The van der Waals surface area contributed by atoms with Gasteiger partial charge in [-0.05, 0) is 13.8 Å². The van der Waals surface area contributed by atoms with Gasteiger partial charge in [-0.2, -0.15) is 17.6 Å². The molecule has 0 unspecified atom stereocenters. The minimum absolute atomic E-state index is 0.243. The van der Waals surface area contributed by atoms with Crippen LogP contribution in [0.15, 0.2) is 24.3 Å². The Hall–Kier alpha value is -2.12. The van der Waals surface area contributed by atoms with Gasteiger partial charge in [0.25, 0.3) is 0 Å². The van der Waals surface area contributed by atoms with E-state index in [2.05, 4.69) is 9.47 Å². The van der Waals surface area contributed by atoms with Crippen LogP contribution in [0.1, 0.15) is 25.0 Å². The number of hydrogen-bond donors (Lipinski definition) is 0. The Kier molecular flexibility index (Phi) is 5.51. The summed E-state index contributed by atoms with van der Waals surface area (Å²) in [5.41, 5.74) is -1.62. The second-order valence-corrected chi connectivity index (χ2v) is 4.17. The minimum Gasteiger partial charge on any atom is -0.461 e. The van der Waals surface area contributed by atoms with E-state index in [1.165, 1.54) is 13.8 Å². The fourth-order valence-electron chi connectivity index (χ4n) is 1.57. The summed E-state index contributed by atoms with van der Waals surface area (Å²) in [6.07, 6.45) is 0. The molecule has 0 radical (unpaired) electrons. The van der Waals surface area contributed by atoms with E-state index in [9.17, 15) is 27.2 Å². The van der Waals surface area contributed by atoms with Crippen LogP contribution in [0.2, 0.25) is 0 Å². The monoisotopic (exact) mass is 322 g/mol. The van der Waals surface area contributed by atoms with Crippen LogP contribution in [0.4, 0.5) is 17.6 Å². The van der Waals surface area contributed by atoms with Crippen molar-refractivity contribution >= 4 is 11.9 Å². The van der Waals surface area contributed by atoms with E-state index in [0.29, 0.717) is 24.3 Å². The smallest absolute Gasteiger partial charge is 0.381 e. The number of halogens is 4. The van der Waals surface area contributed by atoms with E-state index in [1.807, 2.05) is 0 Å². The maximum absolute atomic E-state index is 13.7. The van der Waals surface area contributed by atoms with E-state index in [1.54, 1.807) is 0 Å². The molecule has 0 aliphatic carbocycles. The van der Waals surface area contributed by atoms with Crippen LogP contribution >= 0.6 is 0 Å². The second kappa shape index (κ2) is 6.76. The zero-order valence-corrected chi connectivity index (χ0v) is 11.9. The molecule has 0 heterocycles. The fourth-order valence-corrected chi connectivity index (χ4v) is 1.57. The van der Waals surface area contributed by atoms with Crippen molar-refractivity contribution in [1.82, 2.24) is 0 Å². The maximum Gasteiger partial charge on any atom is 0.381 e. The van der Waals surface area contributed by atoms with Crippen molar-refractivity contribution in [3.8, 4) is 0 Å². The van der Waals surface area contributed by atoms with E-state index in [0.717, 1.165) is 0 Å². The topological polar surface area (TPSA) is 52.6 Å². The number of ether oxygens (including phenoxy) is 2.